The molecule has 0 aliphatic heterocycles. The van der Waals surface area contributed by atoms with Crippen LogP contribution < -0.4 is 5.73 Å². The van der Waals surface area contributed by atoms with Crippen LogP contribution in [0, 0.1) is 5.82 Å². The largest absolute Gasteiger partial charge is 0.391 e. The van der Waals surface area contributed by atoms with Crippen molar-refractivity contribution in [3.05, 3.63) is 35.1 Å². The summed E-state index contributed by atoms with van der Waals surface area (Å²) >= 11 is 0. The second-order valence-electron chi connectivity index (χ2n) is 3.44. The number of aliphatic hydroxyl groups is 1. The van der Waals surface area contributed by atoms with Crippen LogP contribution in [0.3, 0.4) is 0 Å². The monoisotopic (exact) mass is 181 g/mol. The summed E-state index contributed by atoms with van der Waals surface area (Å²) in [6.45, 7) is 0. The van der Waals surface area contributed by atoms with Crippen molar-refractivity contribution in [2.45, 2.75) is 25.0 Å². The summed E-state index contributed by atoms with van der Waals surface area (Å²) in [5.74, 6) is -0.208. The van der Waals surface area contributed by atoms with E-state index in [0.717, 1.165) is 5.56 Å². The fourth-order valence-electron chi connectivity index (χ4n) is 1.83. The maximum Gasteiger partial charge on any atom is 0.126 e. The molecule has 1 aromatic rings. The lowest BCUT2D eigenvalue weighted by atomic mass is 9.86. The molecule has 2 rings (SSSR count). The number of aliphatic hydroxyl groups excluding tert-OH is 1. The average Bonchev–Trinajstić information content (AvgIpc) is 2.12. The highest BCUT2D eigenvalue weighted by Gasteiger charge is 2.26. The Kier molecular flexibility index (Phi) is 2.06. The highest BCUT2D eigenvalue weighted by Crippen LogP contribution is 2.29. The van der Waals surface area contributed by atoms with E-state index in [1.54, 1.807) is 12.1 Å². The van der Waals surface area contributed by atoms with Gasteiger partial charge in [0.1, 0.15) is 5.82 Å². The fraction of sp³-hybridized carbons (Fsp3) is 0.400. The zero-order valence-corrected chi connectivity index (χ0v) is 7.20. The Morgan fingerprint density at radius 3 is 3.00 bits per heavy atom. The lowest BCUT2D eigenvalue weighted by Crippen LogP contribution is -2.31. The standard InChI is InChI=1S/C10H12FNO/c11-8-3-1-2-7-6(8)4-5-9(13)10(7)12/h1-3,9-10,13H,4-5,12H2/t9-,10+/m0/s1. The topological polar surface area (TPSA) is 46.2 Å². The SMILES string of the molecule is N[C@@H]1c2cccc(F)c2CC[C@@H]1O. The third-order valence-corrected chi connectivity index (χ3v) is 2.62. The Labute approximate surface area is 76.2 Å². The molecule has 3 heteroatoms. The van der Waals surface area contributed by atoms with Gasteiger partial charge in [-0.05, 0) is 30.0 Å². The van der Waals surface area contributed by atoms with Gasteiger partial charge in [-0.25, -0.2) is 4.39 Å². The first kappa shape index (κ1) is 8.66. The van der Waals surface area contributed by atoms with E-state index in [2.05, 4.69) is 0 Å². The Morgan fingerprint density at radius 1 is 1.46 bits per heavy atom. The van der Waals surface area contributed by atoms with Crippen LogP contribution in [0.4, 0.5) is 4.39 Å². The molecule has 0 bridgehead atoms. The minimum atomic E-state index is -0.533. The van der Waals surface area contributed by atoms with Crippen molar-refractivity contribution in [2.75, 3.05) is 0 Å². The Bertz CT molecular complexity index is 327. The second kappa shape index (κ2) is 3.09. The number of rotatable bonds is 0. The van der Waals surface area contributed by atoms with Gasteiger partial charge >= 0.3 is 0 Å². The summed E-state index contributed by atoms with van der Waals surface area (Å²) < 4.78 is 13.2. The van der Waals surface area contributed by atoms with Crippen molar-refractivity contribution in [1.29, 1.82) is 0 Å². The molecule has 2 nitrogen and oxygen atoms in total. The van der Waals surface area contributed by atoms with E-state index in [1.807, 2.05) is 0 Å². The summed E-state index contributed by atoms with van der Waals surface area (Å²) in [5.41, 5.74) is 7.16. The molecule has 0 radical (unpaired) electrons. The highest BCUT2D eigenvalue weighted by molar-refractivity contribution is 5.34. The van der Waals surface area contributed by atoms with Gasteiger partial charge in [-0.3, -0.25) is 0 Å². The molecule has 0 spiro atoms. The third kappa shape index (κ3) is 1.34. The van der Waals surface area contributed by atoms with Gasteiger partial charge in [0.15, 0.2) is 0 Å². The van der Waals surface area contributed by atoms with E-state index in [4.69, 9.17) is 5.73 Å². The van der Waals surface area contributed by atoms with Gasteiger partial charge < -0.3 is 10.8 Å². The first-order chi connectivity index (χ1) is 6.20. The van der Waals surface area contributed by atoms with Crippen molar-refractivity contribution < 1.29 is 9.50 Å². The first-order valence-electron chi connectivity index (χ1n) is 4.41. The normalized spacial score (nSPS) is 27.0. The van der Waals surface area contributed by atoms with Gasteiger partial charge in [0.25, 0.3) is 0 Å². The Hall–Kier alpha value is -0.930. The zero-order chi connectivity index (χ0) is 9.42. The molecule has 0 aromatic heterocycles. The Balaban J connectivity index is 2.49. The molecule has 0 saturated carbocycles. The highest BCUT2D eigenvalue weighted by atomic mass is 19.1. The van der Waals surface area contributed by atoms with Crippen LogP contribution >= 0.6 is 0 Å². The maximum absolute atomic E-state index is 13.2. The maximum atomic E-state index is 13.2. The minimum Gasteiger partial charge on any atom is -0.391 e. The quantitative estimate of drug-likeness (QED) is 0.630. The van der Waals surface area contributed by atoms with Crippen LogP contribution in [0.15, 0.2) is 18.2 Å². The molecule has 2 atom stereocenters. The summed E-state index contributed by atoms with van der Waals surface area (Å²) in [7, 11) is 0. The van der Waals surface area contributed by atoms with Crippen LogP contribution in [0.1, 0.15) is 23.6 Å². The summed E-state index contributed by atoms with van der Waals surface area (Å²) in [4.78, 5) is 0. The van der Waals surface area contributed by atoms with Crippen molar-refractivity contribution in [1.82, 2.24) is 0 Å². The van der Waals surface area contributed by atoms with Crippen LogP contribution in [-0.4, -0.2) is 11.2 Å². The van der Waals surface area contributed by atoms with E-state index < -0.39 is 12.1 Å². The van der Waals surface area contributed by atoms with E-state index in [0.29, 0.717) is 18.4 Å². The molecular formula is C10H12FNO. The molecule has 3 N–H and O–H groups in total. The molecule has 1 aromatic carbocycles. The molecule has 1 aliphatic rings. The van der Waals surface area contributed by atoms with Gasteiger partial charge in [0.05, 0.1) is 12.1 Å². The van der Waals surface area contributed by atoms with Crippen LogP contribution in [0.25, 0.3) is 0 Å². The molecule has 0 heterocycles. The summed E-state index contributed by atoms with van der Waals surface area (Å²) in [6.07, 6.45) is 0.598. The number of halogens is 1. The average molecular weight is 181 g/mol. The zero-order valence-electron chi connectivity index (χ0n) is 7.20. The predicted octanol–water partition coefficient (Wildman–Crippen LogP) is 1.13. The van der Waals surface area contributed by atoms with Crippen molar-refractivity contribution in [2.24, 2.45) is 5.73 Å². The molecule has 70 valence electrons. The van der Waals surface area contributed by atoms with Gasteiger partial charge in [0.2, 0.25) is 0 Å². The van der Waals surface area contributed by atoms with Crippen LogP contribution in [-0.2, 0) is 6.42 Å². The summed E-state index contributed by atoms with van der Waals surface area (Å²) in [5, 5.41) is 9.47. The molecule has 0 amide bonds. The molecular weight excluding hydrogens is 169 g/mol. The van der Waals surface area contributed by atoms with Crippen molar-refractivity contribution in [3.8, 4) is 0 Å². The van der Waals surface area contributed by atoms with E-state index in [-0.39, 0.29) is 5.82 Å². The molecule has 0 saturated heterocycles. The van der Waals surface area contributed by atoms with Crippen LogP contribution in [0.2, 0.25) is 0 Å². The van der Waals surface area contributed by atoms with Gasteiger partial charge in [-0.1, -0.05) is 12.1 Å². The number of hydrogen-bond donors (Lipinski definition) is 2. The smallest absolute Gasteiger partial charge is 0.126 e. The lowest BCUT2D eigenvalue weighted by Gasteiger charge is -2.27. The number of nitrogens with two attached hydrogens (primary N) is 1. The number of fused-ring (bicyclic) bond motifs is 1. The molecule has 1 aliphatic carbocycles. The fourth-order valence-corrected chi connectivity index (χ4v) is 1.83. The second-order valence-corrected chi connectivity index (χ2v) is 3.44. The van der Waals surface area contributed by atoms with E-state index in [9.17, 15) is 9.50 Å². The molecule has 13 heavy (non-hydrogen) atoms. The Morgan fingerprint density at radius 2 is 2.23 bits per heavy atom. The van der Waals surface area contributed by atoms with Gasteiger partial charge in [-0.15, -0.1) is 0 Å². The van der Waals surface area contributed by atoms with Gasteiger partial charge in [0, 0.05) is 0 Å². The van der Waals surface area contributed by atoms with E-state index >= 15 is 0 Å². The third-order valence-electron chi connectivity index (χ3n) is 2.62. The number of benzene rings is 1. The molecule has 0 fully saturated rings. The van der Waals surface area contributed by atoms with Crippen molar-refractivity contribution in [3.63, 3.8) is 0 Å². The van der Waals surface area contributed by atoms with Gasteiger partial charge in [-0.2, -0.15) is 0 Å². The number of hydrogen-bond acceptors (Lipinski definition) is 2. The van der Waals surface area contributed by atoms with Crippen LogP contribution in [0.5, 0.6) is 0 Å². The first-order valence-corrected chi connectivity index (χ1v) is 4.41. The lowest BCUT2D eigenvalue weighted by molar-refractivity contribution is 0.127. The minimum absolute atomic E-state index is 0.208. The van der Waals surface area contributed by atoms with Crippen molar-refractivity contribution >= 4 is 0 Å². The van der Waals surface area contributed by atoms with E-state index in [1.165, 1.54) is 6.07 Å². The predicted molar refractivity (Wildman–Crippen MR) is 47.7 cm³/mol. The summed E-state index contributed by atoms with van der Waals surface area (Å²) in [6, 6.07) is 4.42. The molecule has 0 unspecified atom stereocenters.